The molecule has 3 aromatic heterocycles. The lowest BCUT2D eigenvalue weighted by molar-refractivity contribution is -0.118. The van der Waals surface area contributed by atoms with Gasteiger partial charge >= 0.3 is 0 Å². The molecule has 2 amide bonds. The second-order valence-corrected chi connectivity index (χ2v) is 7.37. The van der Waals surface area contributed by atoms with Gasteiger partial charge in [-0.1, -0.05) is 0 Å². The molecule has 0 atom stereocenters. The summed E-state index contributed by atoms with van der Waals surface area (Å²) in [6, 6.07) is 6.99. The number of aromatic nitrogens is 2. The minimum atomic E-state index is -0.213. The van der Waals surface area contributed by atoms with E-state index in [0.717, 1.165) is 15.3 Å². The molecule has 9 heteroatoms. The van der Waals surface area contributed by atoms with E-state index in [1.165, 1.54) is 11.3 Å². The molecule has 4 aromatic rings. The molecule has 0 spiro atoms. The maximum absolute atomic E-state index is 12.5. The Balaban J connectivity index is 1.43. The van der Waals surface area contributed by atoms with Crippen molar-refractivity contribution in [2.75, 3.05) is 17.2 Å². The van der Waals surface area contributed by atoms with E-state index in [4.69, 9.17) is 4.74 Å². The van der Waals surface area contributed by atoms with E-state index in [2.05, 4.69) is 15.6 Å². The number of benzene rings is 1. The number of hydrogen-bond donors (Lipinski definition) is 2. The number of thiophene rings is 1. The average Bonchev–Trinajstić information content (AvgIpc) is 3.26. The van der Waals surface area contributed by atoms with Gasteiger partial charge in [0.05, 0.1) is 16.1 Å². The Morgan fingerprint density at radius 1 is 1.36 bits per heavy atom. The van der Waals surface area contributed by atoms with Gasteiger partial charge in [0.25, 0.3) is 11.8 Å². The summed E-state index contributed by atoms with van der Waals surface area (Å²) in [5, 5.41) is 7.53. The van der Waals surface area contributed by atoms with E-state index in [9.17, 15) is 9.59 Å². The molecule has 0 saturated carbocycles. The number of thiazole rings is 1. The molecule has 0 saturated heterocycles. The fourth-order valence-corrected chi connectivity index (χ4v) is 4.41. The van der Waals surface area contributed by atoms with Gasteiger partial charge in [-0.2, -0.15) is 0 Å². The highest BCUT2D eigenvalue weighted by molar-refractivity contribution is 7.21. The van der Waals surface area contributed by atoms with Crippen LogP contribution in [0, 0.1) is 0 Å². The number of anilines is 2. The summed E-state index contributed by atoms with van der Waals surface area (Å²) in [5.74, 6) is 0.165. The van der Waals surface area contributed by atoms with Crippen LogP contribution in [0.3, 0.4) is 0 Å². The number of hydrogen-bond acceptors (Lipinski definition) is 6. The van der Waals surface area contributed by atoms with Crippen molar-refractivity contribution in [3.63, 3.8) is 0 Å². The second-order valence-electron chi connectivity index (χ2n) is 5.47. The maximum Gasteiger partial charge on any atom is 0.265 e. The number of rotatable bonds is 2. The van der Waals surface area contributed by atoms with Crippen molar-refractivity contribution in [2.45, 2.75) is 0 Å². The zero-order chi connectivity index (χ0) is 17.0. The molecule has 4 heterocycles. The zero-order valence-corrected chi connectivity index (χ0v) is 14.2. The van der Waals surface area contributed by atoms with Crippen LogP contribution in [-0.4, -0.2) is 27.8 Å². The molecule has 0 radical (unpaired) electrons. The summed E-state index contributed by atoms with van der Waals surface area (Å²) >= 11 is 2.91. The number of nitrogens with zero attached hydrogens (tertiary/aromatic N) is 2. The molecular weight excluding hydrogens is 360 g/mol. The predicted molar refractivity (Wildman–Crippen MR) is 97.0 cm³/mol. The summed E-state index contributed by atoms with van der Waals surface area (Å²) < 4.78 is 7.28. The number of ether oxygens (including phenoxy) is 1. The Kier molecular flexibility index (Phi) is 3.06. The third-order valence-electron chi connectivity index (χ3n) is 3.83. The number of imidazole rings is 1. The summed E-state index contributed by atoms with van der Waals surface area (Å²) in [7, 11) is 0. The lowest BCUT2D eigenvalue weighted by Crippen LogP contribution is -2.25. The van der Waals surface area contributed by atoms with Crippen molar-refractivity contribution in [1.82, 2.24) is 9.38 Å². The van der Waals surface area contributed by atoms with Gasteiger partial charge in [0.15, 0.2) is 11.6 Å². The van der Waals surface area contributed by atoms with E-state index < -0.39 is 0 Å². The zero-order valence-electron chi connectivity index (χ0n) is 12.6. The third kappa shape index (κ3) is 2.36. The Labute approximate surface area is 148 Å². The Morgan fingerprint density at radius 3 is 3.20 bits per heavy atom. The molecule has 0 bridgehead atoms. The van der Waals surface area contributed by atoms with Crippen molar-refractivity contribution in [1.29, 1.82) is 0 Å². The molecule has 1 aliphatic heterocycles. The maximum atomic E-state index is 12.5. The first-order valence-corrected chi connectivity index (χ1v) is 9.10. The van der Waals surface area contributed by atoms with Crippen LogP contribution < -0.4 is 15.4 Å². The van der Waals surface area contributed by atoms with Gasteiger partial charge in [-0.05, 0) is 24.3 Å². The number of fused-ring (bicyclic) bond motifs is 4. The van der Waals surface area contributed by atoms with Gasteiger partial charge in [0.2, 0.25) is 0 Å². The highest BCUT2D eigenvalue weighted by Crippen LogP contribution is 2.32. The molecule has 0 aliphatic carbocycles. The fraction of sp³-hybridized carbons (Fsp3) is 0.0625. The quantitative estimate of drug-likeness (QED) is 0.567. The smallest absolute Gasteiger partial charge is 0.265 e. The van der Waals surface area contributed by atoms with Crippen LogP contribution in [0.1, 0.15) is 9.67 Å². The molecule has 25 heavy (non-hydrogen) atoms. The van der Waals surface area contributed by atoms with Gasteiger partial charge < -0.3 is 15.4 Å². The molecule has 1 aliphatic rings. The average molecular weight is 370 g/mol. The van der Waals surface area contributed by atoms with Crippen LogP contribution in [0.5, 0.6) is 5.75 Å². The third-order valence-corrected chi connectivity index (χ3v) is 5.61. The molecule has 0 fully saturated rings. The Bertz CT molecular complexity index is 1160. The highest BCUT2D eigenvalue weighted by atomic mass is 32.1. The molecule has 124 valence electrons. The fourth-order valence-electron chi connectivity index (χ4n) is 2.71. The minimum absolute atomic E-state index is 0.00515. The first kappa shape index (κ1) is 14.4. The number of carbonyl (C=O) groups is 2. The van der Waals surface area contributed by atoms with Crippen LogP contribution in [0.4, 0.5) is 11.4 Å². The van der Waals surface area contributed by atoms with Crippen LogP contribution in [-0.2, 0) is 4.79 Å². The SMILES string of the molecule is O=C1COc2ccc(NC(=O)c3cc4c(nc5sccn54)s3)cc2N1. The first-order chi connectivity index (χ1) is 12.2. The van der Waals surface area contributed by atoms with E-state index >= 15 is 0 Å². The Hall–Kier alpha value is -2.91. The minimum Gasteiger partial charge on any atom is -0.482 e. The number of carbonyl (C=O) groups excluding carboxylic acids is 2. The van der Waals surface area contributed by atoms with E-state index in [-0.39, 0.29) is 18.4 Å². The number of amides is 2. The lowest BCUT2D eigenvalue weighted by Gasteiger charge is -2.18. The number of nitrogens with one attached hydrogen (secondary N) is 2. The monoisotopic (exact) mass is 370 g/mol. The normalized spacial score (nSPS) is 13.5. The van der Waals surface area contributed by atoms with E-state index in [1.807, 2.05) is 22.0 Å². The highest BCUT2D eigenvalue weighted by Gasteiger charge is 2.18. The van der Waals surface area contributed by atoms with Crippen molar-refractivity contribution in [3.8, 4) is 5.75 Å². The second kappa shape index (κ2) is 5.30. The lowest BCUT2D eigenvalue weighted by atomic mass is 10.2. The summed E-state index contributed by atoms with van der Waals surface area (Å²) in [4.78, 5) is 30.8. The molecule has 0 unspecified atom stereocenters. The predicted octanol–water partition coefficient (Wildman–Crippen LogP) is 3.19. The van der Waals surface area contributed by atoms with Gasteiger partial charge in [0, 0.05) is 17.3 Å². The van der Waals surface area contributed by atoms with Crippen molar-refractivity contribution >= 4 is 61.2 Å². The molecule has 1 aromatic carbocycles. The van der Waals surface area contributed by atoms with Crippen LogP contribution >= 0.6 is 22.7 Å². The Morgan fingerprint density at radius 2 is 2.28 bits per heavy atom. The molecule has 7 nitrogen and oxygen atoms in total. The van der Waals surface area contributed by atoms with Crippen molar-refractivity contribution in [3.05, 3.63) is 40.7 Å². The summed E-state index contributed by atoms with van der Waals surface area (Å²) in [5.41, 5.74) is 2.07. The topological polar surface area (TPSA) is 84.7 Å². The van der Waals surface area contributed by atoms with Crippen molar-refractivity contribution < 1.29 is 14.3 Å². The van der Waals surface area contributed by atoms with Gasteiger partial charge in [-0.3, -0.25) is 14.0 Å². The van der Waals surface area contributed by atoms with Crippen LogP contribution in [0.2, 0.25) is 0 Å². The van der Waals surface area contributed by atoms with E-state index in [0.29, 0.717) is 22.0 Å². The standard InChI is InChI=1S/C16H10N4O3S2/c21-13-7-23-11-2-1-8(5-9(11)18-13)17-14(22)12-6-10-15(25-12)19-16-20(10)3-4-24-16/h1-6H,7H2,(H,17,22)(H,18,21). The molecular formula is C16H10N4O3S2. The molecule has 5 rings (SSSR count). The van der Waals surface area contributed by atoms with Gasteiger partial charge in [-0.15, -0.1) is 22.7 Å². The van der Waals surface area contributed by atoms with Crippen LogP contribution in [0.25, 0.3) is 15.3 Å². The van der Waals surface area contributed by atoms with Crippen LogP contribution in [0.15, 0.2) is 35.8 Å². The largest absolute Gasteiger partial charge is 0.482 e. The first-order valence-electron chi connectivity index (χ1n) is 7.40. The van der Waals surface area contributed by atoms with E-state index in [1.54, 1.807) is 29.5 Å². The summed E-state index contributed by atoms with van der Waals surface area (Å²) in [6.07, 6.45) is 1.94. The van der Waals surface area contributed by atoms with Crippen molar-refractivity contribution in [2.24, 2.45) is 0 Å². The molecule has 2 N–H and O–H groups in total. The van der Waals surface area contributed by atoms with Gasteiger partial charge in [0.1, 0.15) is 10.6 Å². The summed E-state index contributed by atoms with van der Waals surface area (Å²) in [6.45, 7) is 0.00515. The van der Waals surface area contributed by atoms with Gasteiger partial charge in [-0.25, -0.2) is 4.98 Å².